The molecule has 0 radical (unpaired) electrons. The smallest absolute Gasteiger partial charge is 0.230 e. The largest absolute Gasteiger partial charge is 0.493 e. The summed E-state index contributed by atoms with van der Waals surface area (Å²) in [5.74, 6) is 0.691. The number of halogens is 1. The van der Waals surface area contributed by atoms with Crippen LogP contribution in [0.3, 0.4) is 0 Å². The fraction of sp³-hybridized carbons (Fsp3) is 0.375. The van der Waals surface area contributed by atoms with Gasteiger partial charge in [0, 0.05) is 43.5 Å². The molecule has 0 aliphatic carbocycles. The Balaban J connectivity index is 1.53. The number of hydrogen-bond donors (Lipinski definition) is 0. The van der Waals surface area contributed by atoms with Gasteiger partial charge in [0.25, 0.3) is 0 Å². The van der Waals surface area contributed by atoms with Crippen molar-refractivity contribution in [1.82, 2.24) is 9.80 Å². The summed E-state index contributed by atoms with van der Waals surface area (Å²) in [7, 11) is 1.84. The van der Waals surface area contributed by atoms with Gasteiger partial charge in [0.05, 0.1) is 12.5 Å². The molecule has 0 N–H and O–H groups in total. The van der Waals surface area contributed by atoms with Gasteiger partial charge in [-0.1, -0.05) is 79.2 Å². The van der Waals surface area contributed by atoms with Crippen LogP contribution in [0.15, 0.2) is 84.9 Å². The highest BCUT2D eigenvalue weighted by Crippen LogP contribution is 2.37. The number of nitrogens with zero attached hydrogens (tertiary/aromatic N) is 2. The molecule has 3 aromatic carbocycles. The van der Waals surface area contributed by atoms with Crippen molar-refractivity contribution in [1.29, 1.82) is 0 Å². The van der Waals surface area contributed by atoms with Gasteiger partial charge < -0.3 is 14.5 Å². The SMILES string of the molecule is CC[C@@H](C(=O)N1CCC[C@](COc2ccc(Cl)cc2)(CC(=O)N(C)Cc2ccccc2)C1)c1ccccc1. The minimum absolute atomic E-state index is 0.0537. The Morgan fingerprint density at radius 2 is 1.66 bits per heavy atom. The van der Waals surface area contributed by atoms with E-state index < -0.39 is 5.41 Å². The first-order valence-electron chi connectivity index (χ1n) is 13.4. The van der Waals surface area contributed by atoms with Gasteiger partial charge in [-0.15, -0.1) is 0 Å². The number of likely N-dealkylation sites (tertiary alicyclic amines) is 1. The van der Waals surface area contributed by atoms with E-state index in [1.54, 1.807) is 17.0 Å². The van der Waals surface area contributed by atoms with Crippen molar-refractivity contribution in [3.8, 4) is 5.75 Å². The molecular formula is C32H37ClN2O3. The summed E-state index contributed by atoms with van der Waals surface area (Å²) < 4.78 is 6.23. The fourth-order valence-corrected chi connectivity index (χ4v) is 5.46. The zero-order valence-corrected chi connectivity index (χ0v) is 23.1. The third-order valence-electron chi connectivity index (χ3n) is 7.45. The van der Waals surface area contributed by atoms with E-state index in [0.717, 1.165) is 30.4 Å². The molecule has 1 saturated heterocycles. The van der Waals surface area contributed by atoms with E-state index in [9.17, 15) is 9.59 Å². The summed E-state index contributed by atoms with van der Waals surface area (Å²) in [5.41, 5.74) is 1.64. The quantitative estimate of drug-likeness (QED) is 0.297. The predicted molar refractivity (Wildman–Crippen MR) is 152 cm³/mol. The van der Waals surface area contributed by atoms with Crippen LogP contribution in [0.2, 0.25) is 5.02 Å². The van der Waals surface area contributed by atoms with Gasteiger partial charge in [0.15, 0.2) is 0 Å². The van der Waals surface area contributed by atoms with Gasteiger partial charge in [-0.2, -0.15) is 0 Å². The highest BCUT2D eigenvalue weighted by Gasteiger charge is 2.41. The first-order chi connectivity index (χ1) is 18.4. The molecule has 0 bridgehead atoms. The van der Waals surface area contributed by atoms with Crippen LogP contribution in [0.25, 0.3) is 0 Å². The maximum absolute atomic E-state index is 13.8. The van der Waals surface area contributed by atoms with Crippen LogP contribution in [-0.2, 0) is 16.1 Å². The van der Waals surface area contributed by atoms with Crippen molar-refractivity contribution in [2.75, 3.05) is 26.7 Å². The van der Waals surface area contributed by atoms with Crippen LogP contribution in [0.5, 0.6) is 5.75 Å². The van der Waals surface area contributed by atoms with Crippen molar-refractivity contribution < 1.29 is 14.3 Å². The van der Waals surface area contributed by atoms with E-state index in [1.165, 1.54) is 0 Å². The second-order valence-corrected chi connectivity index (χ2v) is 10.8. The lowest BCUT2D eigenvalue weighted by molar-refractivity contribution is -0.142. The molecule has 2 atom stereocenters. The van der Waals surface area contributed by atoms with Crippen molar-refractivity contribution in [2.45, 2.75) is 45.1 Å². The Bertz CT molecular complexity index is 1190. The van der Waals surface area contributed by atoms with Crippen molar-refractivity contribution >= 4 is 23.4 Å². The molecule has 1 aliphatic rings. The molecule has 4 rings (SSSR count). The molecular weight excluding hydrogens is 496 g/mol. The molecule has 0 saturated carbocycles. The fourth-order valence-electron chi connectivity index (χ4n) is 5.34. The van der Waals surface area contributed by atoms with Crippen LogP contribution < -0.4 is 4.74 Å². The van der Waals surface area contributed by atoms with Gasteiger partial charge in [-0.05, 0) is 54.7 Å². The summed E-state index contributed by atoms with van der Waals surface area (Å²) in [6.45, 7) is 4.14. The molecule has 3 aromatic rings. The first kappa shape index (κ1) is 27.7. The number of carbonyl (C=O) groups is 2. The van der Waals surface area contributed by atoms with Gasteiger partial charge in [0.1, 0.15) is 5.75 Å². The summed E-state index contributed by atoms with van der Waals surface area (Å²) in [5, 5.41) is 0.644. The Labute approximate surface area is 231 Å². The minimum Gasteiger partial charge on any atom is -0.493 e. The van der Waals surface area contributed by atoms with Gasteiger partial charge in [0.2, 0.25) is 11.8 Å². The molecule has 0 aromatic heterocycles. The lowest BCUT2D eigenvalue weighted by atomic mass is 9.76. The normalized spacial score (nSPS) is 18.0. The highest BCUT2D eigenvalue weighted by atomic mass is 35.5. The molecule has 6 heteroatoms. The summed E-state index contributed by atoms with van der Waals surface area (Å²) in [6.07, 6.45) is 2.69. The molecule has 200 valence electrons. The molecule has 0 spiro atoms. The Morgan fingerprint density at radius 1 is 1.00 bits per heavy atom. The standard InChI is InChI=1S/C32H37ClN2O3/c1-3-29(26-13-8-5-9-14-26)31(37)35-20-10-19-32(23-35,24-38-28-17-15-27(33)16-18-28)21-30(36)34(2)22-25-11-6-4-7-12-25/h4-9,11-18,29H,3,10,19-24H2,1-2H3/t29-,32+/m1/s1. The number of carbonyl (C=O) groups excluding carboxylic acids is 2. The molecule has 1 fully saturated rings. The average Bonchev–Trinajstić information content (AvgIpc) is 2.94. The van der Waals surface area contributed by atoms with Gasteiger partial charge >= 0.3 is 0 Å². The zero-order chi connectivity index (χ0) is 27.0. The second kappa shape index (κ2) is 13.0. The van der Waals surface area contributed by atoms with Crippen LogP contribution in [0, 0.1) is 5.41 Å². The van der Waals surface area contributed by atoms with Crippen LogP contribution in [0.4, 0.5) is 0 Å². The third-order valence-corrected chi connectivity index (χ3v) is 7.71. The predicted octanol–water partition coefficient (Wildman–Crippen LogP) is 6.57. The van der Waals surface area contributed by atoms with E-state index in [-0.39, 0.29) is 17.7 Å². The molecule has 2 amide bonds. The number of piperidine rings is 1. The topological polar surface area (TPSA) is 49.9 Å². The maximum Gasteiger partial charge on any atom is 0.230 e. The third kappa shape index (κ3) is 7.16. The average molecular weight is 533 g/mol. The number of benzene rings is 3. The van der Waals surface area contributed by atoms with Gasteiger partial charge in [-0.25, -0.2) is 0 Å². The van der Waals surface area contributed by atoms with Crippen LogP contribution in [-0.4, -0.2) is 48.4 Å². The lowest BCUT2D eigenvalue weighted by Crippen LogP contribution is -2.51. The van der Waals surface area contributed by atoms with Crippen molar-refractivity contribution in [3.05, 3.63) is 101 Å². The first-order valence-corrected chi connectivity index (χ1v) is 13.8. The summed E-state index contributed by atoms with van der Waals surface area (Å²) in [6, 6.07) is 27.2. The van der Waals surface area contributed by atoms with E-state index in [2.05, 4.69) is 6.92 Å². The Hall–Kier alpha value is -3.31. The van der Waals surface area contributed by atoms with E-state index in [1.807, 2.05) is 84.7 Å². The Morgan fingerprint density at radius 3 is 2.32 bits per heavy atom. The number of ether oxygens (including phenoxy) is 1. The second-order valence-electron chi connectivity index (χ2n) is 10.4. The number of amides is 2. The van der Waals surface area contributed by atoms with Crippen molar-refractivity contribution in [2.24, 2.45) is 5.41 Å². The molecule has 5 nitrogen and oxygen atoms in total. The molecule has 1 aliphatic heterocycles. The van der Waals surface area contributed by atoms with Gasteiger partial charge in [-0.3, -0.25) is 9.59 Å². The van der Waals surface area contributed by atoms with E-state index in [4.69, 9.17) is 16.3 Å². The minimum atomic E-state index is -0.482. The van der Waals surface area contributed by atoms with Crippen molar-refractivity contribution in [3.63, 3.8) is 0 Å². The monoisotopic (exact) mass is 532 g/mol. The lowest BCUT2D eigenvalue weighted by Gasteiger charge is -2.43. The van der Waals surface area contributed by atoms with Crippen LogP contribution in [0.1, 0.15) is 49.7 Å². The van der Waals surface area contributed by atoms with E-state index in [0.29, 0.717) is 43.4 Å². The zero-order valence-electron chi connectivity index (χ0n) is 22.3. The summed E-state index contributed by atoms with van der Waals surface area (Å²) in [4.78, 5) is 31.0. The number of rotatable bonds is 10. The maximum atomic E-state index is 13.8. The Kier molecular flexibility index (Phi) is 9.46. The molecule has 0 unspecified atom stereocenters. The van der Waals surface area contributed by atoms with E-state index >= 15 is 0 Å². The highest BCUT2D eigenvalue weighted by molar-refractivity contribution is 6.30. The molecule has 38 heavy (non-hydrogen) atoms. The number of hydrogen-bond acceptors (Lipinski definition) is 3. The molecule has 1 heterocycles. The summed E-state index contributed by atoms with van der Waals surface area (Å²) >= 11 is 6.06. The van der Waals surface area contributed by atoms with Crippen LogP contribution >= 0.6 is 11.6 Å².